The van der Waals surface area contributed by atoms with Crippen molar-refractivity contribution in [2.75, 3.05) is 0 Å². The maximum absolute atomic E-state index is 12.2. The van der Waals surface area contributed by atoms with Crippen LogP contribution in [0.1, 0.15) is 10.6 Å². The lowest BCUT2D eigenvalue weighted by Gasteiger charge is -2.07. The highest BCUT2D eigenvalue weighted by molar-refractivity contribution is 5.75. The molecule has 0 N–H and O–H groups in total. The Morgan fingerprint density at radius 2 is 2.12 bits per heavy atom. The van der Waals surface area contributed by atoms with E-state index in [-0.39, 0.29) is 17.2 Å². The molecule has 1 aromatic heterocycles. The summed E-state index contributed by atoms with van der Waals surface area (Å²) < 4.78 is 33.3. The number of hydrogen-bond donors (Lipinski definition) is 0. The van der Waals surface area contributed by atoms with Gasteiger partial charge in [0.15, 0.2) is 12.0 Å². The Hall–Kier alpha value is -2.24. The molecule has 4 nitrogen and oxygen atoms in total. The number of para-hydroxylation sites is 1. The Kier molecular flexibility index (Phi) is 3.13. The molecule has 0 saturated heterocycles. The molecule has 0 aliphatic carbocycles. The number of halogens is 2. The van der Waals surface area contributed by atoms with E-state index in [2.05, 4.69) is 14.4 Å². The quantitative estimate of drug-likeness (QED) is 0.770. The van der Waals surface area contributed by atoms with Gasteiger partial charge in [0.25, 0.3) is 0 Å². The average Bonchev–Trinajstić information content (AvgIpc) is 2.77. The van der Waals surface area contributed by atoms with Crippen LogP contribution in [0, 0.1) is 0 Å². The summed E-state index contributed by atoms with van der Waals surface area (Å²) in [6.45, 7) is -2.92. The maximum atomic E-state index is 12.2. The molecule has 0 unspecified atom stereocenters. The number of carbonyl (C=O) groups excluding carboxylic acids is 1. The summed E-state index contributed by atoms with van der Waals surface area (Å²) in [5, 5.41) is 3.59. The first kappa shape index (κ1) is 11.3. The molecule has 0 bridgehead atoms. The van der Waals surface area contributed by atoms with Gasteiger partial charge in [-0.3, -0.25) is 4.79 Å². The Bertz CT molecular complexity index is 525. The molecular formula is C11H7F2NO3. The Morgan fingerprint density at radius 1 is 1.35 bits per heavy atom. The number of nitrogens with zero attached hydrogens (tertiary/aromatic N) is 1. The van der Waals surface area contributed by atoms with Crippen molar-refractivity contribution in [3.8, 4) is 17.0 Å². The van der Waals surface area contributed by atoms with Crippen LogP contribution in [0.3, 0.4) is 0 Å². The van der Waals surface area contributed by atoms with E-state index in [1.165, 1.54) is 12.1 Å². The van der Waals surface area contributed by atoms with E-state index in [4.69, 9.17) is 0 Å². The zero-order valence-corrected chi connectivity index (χ0v) is 8.47. The number of ether oxygens (including phenoxy) is 1. The molecule has 88 valence electrons. The van der Waals surface area contributed by atoms with E-state index in [0.29, 0.717) is 11.8 Å². The number of alkyl halides is 2. The summed E-state index contributed by atoms with van der Waals surface area (Å²) in [5.41, 5.74) is 0.605. The summed E-state index contributed by atoms with van der Waals surface area (Å²) in [6.07, 6.45) is 0.479. The fourth-order valence-electron chi connectivity index (χ4n) is 1.35. The van der Waals surface area contributed by atoms with Crippen molar-refractivity contribution in [1.29, 1.82) is 0 Å². The van der Waals surface area contributed by atoms with Crippen LogP contribution >= 0.6 is 0 Å². The average molecular weight is 239 g/mol. The zero-order chi connectivity index (χ0) is 12.3. The van der Waals surface area contributed by atoms with Gasteiger partial charge in [0.2, 0.25) is 0 Å². The van der Waals surface area contributed by atoms with Crippen LogP contribution in [-0.4, -0.2) is 18.1 Å². The third-order valence-electron chi connectivity index (χ3n) is 2.02. The molecule has 0 amide bonds. The highest BCUT2D eigenvalue weighted by Crippen LogP contribution is 2.30. The molecule has 2 aromatic rings. The minimum Gasteiger partial charge on any atom is -0.434 e. The number of aldehydes is 1. The van der Waals surface area contributed by atoms with Gasteiger partial charge in [0, 0.05) is 11.6 Å². The lowest BCUT2D eigenvalue weighted by Crippen LogP contribution is -2.02. The molecule has 0 fully saturated rings. The highest BCUT2D eigenvalue weighted by Gasteiger charge is 2.13. The smallest absolute Gasteiger partial charge is 0.387 e. The van der Waals surface area contributed by atoms with Crippen LogP contribution in [-0.2, 0) is 0 Å². The van der Waals surface area contributed by atoms with Crippen LogP contribution in [0.25, 0.3) is 11.3 Å². The molecule has 0 aliphatic heterocycles. The van der Waals surface area contributed by atoms with Gasteiger partial charge in [-0.2, -0.15) is 8.78 Å². The predicted molar refractivity (Wildman–Crippen MR) is 54.0 cm³/mol. The number of hydrogen-bond acceptors (Lipinski definition) is 4. The van der Waals surface area contributed by atoms with E-state index in [0.717, 1.165) is 0 Å². The van der Waals surface area contributed by atoms with Gasteiger partial charge >= 0.3 is 6.61 Å². The van der Waals surface area contributed by atoms with Crippen LogP contribution in [0.2, 0.25) is 0 Å². The predicted octanol–water partition coefficient (Wildman–Crippen LogP) is 2.76. The SMILES string of the molecule is O=Cc1cc(-c2ccccc2OC(F)F)no1. The number of aromatic nitrogens is 1. The van der Waals surface area contributed by atoms with Crippen LogP contribution in [0.15, 0.2) is 34.9 Å². The van der Waals surface area contributed by atoms with Gasteiger partial charge in [-0.25, -0.2) is 0 Å². The first-order chi connectivity index (χ1) is 8.20. The number of rotatable bonds is 4. The first-order valence-corrected chi connectivity index (χ1v) is 4.67. The molecule has 0 spiro atoms. The van der Waals surface area contributed by atoms with Crippen molar-refractivity contribution in [2.45, 2.75) is 6.61 Å². The van der Waals surface area contributed by atoms with Gasteiger partial charge in [-0.05, 0) is 12.1 Å². The van der Waals surface area contributed by atoms with Crippen molar-refractivity contribution in [3.63, 3.8) is 0 Å². The minimum atomic E-state index is -2.92. The van der Waals surface area contributed by atoms with Crippen molar-refractivity contribution < 1.29 is 22.8 Å². The van der Waals surface area contributed by atoms with Gasteiger partial charge in [-0.15, -0.1) is 0 Å². The van der Waals surface area contributed by atoms with Gasteiger partial charge < -0.3 is 9.26 Å². The molecule has 1 aromatic carbocycles. The van der Waals surface area contributed by atoms with E-state index >= 15 is 0 Å². The lowest BCUT2D eigenvalue weighted by atomic mass is 10.1. The summed E-state index contributed by atoms with van der Waals surface area (Å²) in [4.78, 5) is 10.4. The Labute approximate surface area is 94.8 Å². The molecule has 0 aliphatic rings. The lowest BCUT2D eigenvalue weighted by molar-refractivity contribution is -0.0494. The summed E-state index contributed by atoms with van der Waals surface area (Å²) in [6, 6.07) is 7.48. The molecule has 0 atom stereocenters. The number of benzene rings is 1. The zero-order valence-electron chi connectivity index (χ0n) is 8.47. The molecular weight excluding hydrogens is 232 g/mol. The van der Waals surface area contributed by atoms with Crippen molar-refractivity contribution >= 4 is 6.29 Å². The van der Waals surface area contributed by atoms with Crippen LogP contribution < -0.4 is 4.74 Å². The van der Waals surface area contributed by atoms with Gasteiger partial charge in [-0.1, -0.05) is 17.3 Å². The molecule has 0 radical (unpaired) electrons. The second kappa shape index (κ2) is 4.73. The third kappa shape index (κ3) is 2.47. The second-order valence-electron chi connectivity index (χ2n) is 3.11. The Balaban J connectivity index is 2.40. The standard InChI is InChI=1S/C11H7F2NO3/c12-11(13)16-10-4-2-1-3-8(10)9-5-7(6-15)17-14-9/h1-6,11H. The van der Waals surface area contributed by atoms with Gasteiger partial charge in [0.05, 0.1) is 0 Å². The fraction of sp³-hybridized carbons (Fsp3) is 0.0909. The van der Waals surface area contributed by atoms with Gasteiger partial charge in [0.1, 0.15) is 11.4 Å². The molecule has 1 heterocycles. The minimum absolute atomic E-state index is 0.0201. The molecule has 2 rings (SSSR count). The number of carbonyl (C=O) groups is 1. The Morgan fingerprint density at radius 3 is 2.76 bits per heavy atom. The second-order valence-corrected chi connectivity index (χ2v) is 3.11. The fourth-order valence-corrected chi connectivity index (χ4v) is 1.35. The van der Waals surface area contributed by atoms with Crippen LogP contribution in [0.5, 0.6) is 5.75 Å². The monoisotopic (exact) mass is 239 g/mol. The van der Waals surface area contributed by atoms with E-state index in [1.54, 1.807) is 18.2 Å². The first-order valence-electron chi connectivity index (χ1n) is 4.67. The largest absolute Gasteiger partial charge is 0.434 e. The summed E-state index contributed by atoms with van der Waals surface area (Å²) in [7, 11) is 0. The van der Waals surface area contributed by atoms with Crippen LogP contribution in [0.4, 0.5) is 8.78 Å². The topological polar surface area (TPSA) is 52.3 Å². The third-order valence-corrected chi connectivity index (χ3v) is 2.02. The highest BCUT2D eigenvalue weighted by atomic mass is 19.3. The van der Waals surface area contributed by atoms with E-state index in [1.807, 2.05) is 0 Å². The molecule has 0 saturated carbocycles. The molecule has 6 heteroatoms. The normalized spacial score (nSPS) is 10.5. The maximum Gasteiger partial charge on any atom is 0.387 e. The van der Waals surface area contributed by atoms with Crippen molar-refractivity contribution in [3.05, 3.63) is 36.1 Å². The van der Waals surface area contributed by atoms with Crippen molar-refractivity contribution in [2.24, 2.45) is 0 Å². The van der Waals surface area contributed by atoms with E-state index in [9.17, 15) is 13.6 Å². The summed E-state index contributed by atoms with van der Waals surface area (Å²) >= 11 is 0. The van der Waals surface area contributed by atoms with E-state index < -0.39 is 6.61 Å². The summed E-state index contributed by atoms with van der Waals surface area (Å²) in [5.74, 6) is 0.0000916. The molecule has 17 heavy (non-hydrogen) atoms. The van der Waals surface area contributed by atoms with Crippen molar-refractivity contribution in [1.82, 2.24) is 5.16 Å².